The van der Waals surface area contributed by atoms with E-state index in [0.29, 0.717) is 16.7 Å². The average Bonchev–Trinajstić information content (AvgIpc) is 2.33. The van der Waals surface area contributed by atoms with Crippen LogP contribution in [0.5, 0.6) is 5.88 Å². The number of hydrogen-bond donors (Lipinski definition) is 2. The molecule has 94 valence electrons. The summed E-state index contributed by atoms with van der Waals surface area (Å²) in [6.45, 7) is 0. The highest BCUT2D eigenvalue weighted by Crippen LogP contribution is 2.27. The lowest BCUT2D eigenvalue weighted by atomic mass is 10.3. The minimum Gasteiger partial charge on any atom is -0.481 e. The van der Waals surface area contributed by atoms with Crippen LogP contribution in [0, 0.1) is 0 Å². The average molecular weight is 330 g/mol. The number of benzene rings is 1. The molecule has 0 spiro atoms. The summed E-state index contributed by atoms with van der Waals surface area (Å²) in [6.07, 6.45) is 0. The molecular formula is C11H10BrClN4O. The molecule has 0 aliphatic heterocycles. The molecule has 5 nitrogen and oxygen atoms in total. The van der Waals surface area contributed by atoms with Gasteiger partial charge in [0, 0.05) is 16.2 Å². The van der Waals surface area contributed by atoms with E-state index in [-0.39, 0.29) is 5.95 Å². The van der Waals surface area contributed by atoms with Gasteiger partial charge in [0.25, 0.3) is 0 Å². The fourth-order valence-electron chi connectivity index (χ4n) is 1.33. The van der Waals surface area contributed by atoms with Gasteiger partial charge in [-0.1, -0.05) is 11.6 Å². The lowest BCUT2D eigenvalue weighted by molar-refractivity contribution is 0.398. The molecule has 0 aliphatic carbocycles. The van der Waals surface area contributed by atoms with Crippen molar-refractivity contribution in [1.29, 1.82) is 0 Å². The van der Waals surface area contributed by atoms with Gasteiger partial charge in [-0.25, -0.2) is 0 Å². The predicted molar refractivity (Wildman–Crippen MR) is 75.4 cm³/mol. The maximum atomic E-state index is 5.92. The highest BCUT2D eigenvalue weighted by atomic mass is 79.9. The molecule has 0 unspecified atom stereocenters. The van der Waals surface area contributed by atoms with E-state index in [1.54, 1.807) is 12.1 Å². The molecule has 1 aromatic heterocycles. The van der Waals surface area contributed by atoms with Crippen LogP contribution in [-0.4, -0.2) is 17.1 Å². The molecule has 2 aromatic rings. The van der Waals surface area contributed by atoms with E-state index in [4.69, 9.17) is 22.1 Å². The normalized spacial score (nSPS) is 10.2. The molecule has 3 N–H and O–H groups in total. The molecule has 0 amide bonds. The zero-order valence-electron chi connectivity index (χ0n) is 9.45. The second-order valence-electron chi connectivity index (χ2n) is 3.41. The zero-order valence-corrected chi connectivity index (χ0v) is 11.8. The Morgan fingerprint density at radius 1 is 1.33 bits per heavy atom. The molecular weight excluding hydrogens is 320 g/mol. The third kappa shape index (κ3) is 3.02. The summed E-state index contributed by atoms with van der Waals surface area (Å²) in [6, 6.07) is 7.10. The highest BCUT2D eigenvalue weighted by Gasteiger charge is 2.04. The van der Waals surface area contributed by atoms with Gasteiger partial charge in [-0.2, -0.15) is 9.97 Å². The Morgan fingerprint density at radius 3 is 2.78 bits per heavy atom. The number of hydrogen-bond acceptors (Lipinski definition) is 5. The van der Waals surface area contributed by atoms with Crippen molar-refractivity contribution < 1.29 is 4.74 Å². The maximum Gasteiger partial charge on any atom is 0.225 e. The van der Waals surface area contributed by atoms with Gasteiger partial charge >= 0.3 is 0 Å². The molecule has 0 fully saturated rings. The van der Waals surface area contributed by atoms with E-state index in [9.17, 15) is 0 Å². The Hall–Kier alpha value is -1.53. The molecule has 0 radical (unpaired) electrons. The van der Waals surface area contributed by atoms with Gasteiger partial charge in [0.2, 0.25) is 11.8 Å². The summed E-state index contributed by atoms with van der Waals surface area (Å²) >= 11 is 9.26. The van der Waals surface area contributed by atoms with E-state index in [2.05, 4.69) is 31.2 Å². The molecule has 0 saturated heterocycles. The van der Waals surface area contributed by atoms with E-state index in [1.807, 2.05) is 12.1 Å². The van der Waals surface area contributed by atoms with Crippen LogP contribution in [0.1, 0.15) is 0 Å². The number of aromatic nitrogens is 2. The Morgan fingerprint density at radius 2 is 2.11 bits per heavy atom. The Balaban J connectivity index is 2.27. The standard InChI is InChI=1S/C11H10BrClN4O/c1-18-10-5-9(16-11(14)17-10)15-6-2-3-8(13)7(12)4-6/h2-5H,1H3,(H3,14,15,16,17). The van der Waals surface area contributed by atoms with Crippen molar-refractivity contribution in [3.05, 3.63) is 33.8 Å². The molecule has 1 heterocycles. The fraction of sp³-hybridized carbons (Fsp3) is 0.0909. The van der Waals surface area contributed by atoms with Gasteiger partial charge in [-0.05, 0) is 34.1 Å². The van der Waals surface area contributed by atoms with E-state index < -0.39 is 0 Å². The summed E-state index contributed by atoms with van der Waals surface area (Å²) < 4.78 is 5.81. The van der Waals surface area contributed by atoms with Crippen molar-refractivity contribution in [2.24, 2.45) is 0 Å². The fourth-order valence-corrected chi connectivity index (χ4v) is 1.83. The minimum atomic E-state index is 0.143. The van der Waals surface area contributed by atoms with Crippen LogP contribution in [0.2, 0.25) is 5.02 Å². The number of anilines is 3. The van der Waals surface area contributed by atoms with Crippen molar-refractivity contribution in [3.8, 4) is 5.88 Å². The van der Waals surface area contributed by atoms with E-state index >= 15 is 0 Å². The lowest BCUT2D eigenvalue weighted by Crippen LogP contribution is -2.01. The van der Waals surface area contributed by atoms with Gasteiger partial charge in [0.1, 0.15) is 5.82 Å². The number of methoxy groups -OCH3 is 1. The highest BCUT2D eigenvalue weighted by molar-refractivity contribution is 9.10. The summed E-state index contributed by atoms with van der Waals surface area (Å²) in [4.78, 5) is 7.96. The first-order valence-electron chi connectivity index (χ1n) is 4.99. The van der Waals surface area contributed by atoms with Crippen LogP contribution >= 0.6 is 27.5 Å². The van der Waals surface area contributed by atoms with Crippen LogP contribution in [0.4, 0.5) is 17.5 Å². The molecule has 18 heavy (non-hydrogen) atoms. The maximum absolute atomic E-state index is 5.92. The van der Waals surface area contributed by atoms with Crippen LogP contribution in [0.3, 0.4) is 0 Å². The summed E-state index contributed by atoms with van der Waals surface area (Å²) in [7, 11) is 1.52. The number of nitrogens with one attached hydrogen (secondary N) is 1. The number of ether oxygens (including phenoxy) is 1. The Kier molecular flexibility index (Phi) is 3.88. The molecule has 0 aliphatic rings. The largest absolute Gasteiger partial charge is 0.481 e. The first kappa shape index (κ1) is 12.9. The van der Waals surface area contributed by atoms with Gasteiger partial charge in [-0.3, -0.25) is 0 Å². The van der Waals surface area contributed by atoms with Crippen molar-refractivity contribution in [3.63, 3.8) is 0 Å². The van der Waals surface area contributed by atoms with E-state index in [1.165, 1.54) is 7.11 Å². The molecule has 7 heteroatoms. The van der Waals surface area contributed by atoms with Crippen molar-refractivity contribution >= 4 is 45.0 Å². The van der Waals surface area contributed by atoms with Crippen molar-refractivity contribution in [2.45, 2.75) is 0 Å². The Bertz CT molecular complexity index is 579. The third-order valence-corrected chi connectivity index (χ3v) is 3.34. The summed E-state index contributed by atoms with van der Waals surface area (Å²) in [5, 5.41) is 3.73. The number of halogens is 2. The predicted octanol–water partition coefficient (Wildman–Crippen LogP) is 3.23. The molecule has 0 bridgehead atoms. The number of rotatable bonds is 3. The number of nitrogens with zero attached hydrogens (tertiary/aromatic N) is 2. The second-order valence-corrected chi connectivity index (χ2v) is 4.67. The molecule has 2 rings (SSSR count). The summed E-state index contributed by atoms with van der Waals surface area (Å²) in [5.74, 6) is 1.09. The van der Waals surface area contributed by atoms with Crippen LogP contribution in [0.15, 0.2) is 28.7 Å². The quantitative estimate of drug-likeness (QED) is 0.904. The monoisotopic (exact) mass is 328 g/mol. The van der Waals surface area contributed by atoms with Crippen LogP contribution in [-0.2, 0) is 0 Å². The SMILES string of the molecule is COc1cc(Nc2ccc(Cl)c(Br)c2)nc(N)n1. The lowest BCUT2D eigenvalue weighted by Gasteiger charge is -2.08. The smallest absolute Gasteiger partial charge is 0.225 e. The van der Waals surface area contributed by atoms with Gasteiger partial charge in [-0.15, -0.1) is 0 Å². The van der Waals surface area contributed by atoms with Crippen LogP contribution < -0.4 is 15.8 Å². The molecule has 0 saturated carbocycles. The van der Waals surface area contributed by atoms with Crippen molar-refractivity contribution in [2.75, 3.05) is 18.2 Å². The Labute approximate surface area is 117 Å². The molecule has 0 atom stereocenters. The van der Waals surface area contributed by atoms with E-state index in [0.717, 1.165) is 10.2 Å². The second kappa shape index (κ2) is 5.41. The first-order chi connectivity index (χ1) is 8.58. The zero-order chi connectivity index (χ0) is 13.1. The number of nitrogen functional groups attached to an aromatic ring is 1. The van der Waals surface area contributed by atoms with Gasteiger partial charge in [0.15, 0.2) is 0 Å². The minimum absolute atomic E-state index is 0.143. The van der Waals surface area contributed by atoms with Crippen LogP contribution in [0.25, 0.3) is 0 Å². The van der Waals surface area contributed by atoms with Gasteiger partial charge in [0.05, 0.1) is 12.1 Å². The first-order valence-corrected chi connectivity index (χ1v) is 6.16. The third-order valence-electron chi connectivity index (χ3n) is 2.12. The summed E-state index contributed by atoms with van der Waals surface area (Å²) in [5.41, 5.74) is 6.40. The van der Waals surface area contributed by atoms with Crippen molar-refractivity contribution in [1.82, 2.24) is 9.97 Å². The molecule has 1 aromatic carbocycles. The topological polar surface area (TPSA) is 73.1 Å². The number of nitrogens with two attached hydrogens (primary N) is 1. The van der Waals surface area contributed by atoms with Gasteiger partial charge < -0.3 is 15.8 Å².